The molecule has 0 unspecified atom stereocenters. The van der Waals surface area contributed by atoms with Crippen molar-refractivity contribution in [2.75, 3.05) is 13.1 Å². The van der Waals surface area contributed by atoms with Crippen LogP contribution in [0, 0.1) is 0 Å². The Balaban J connectivity index is 1.87. The number of aromatic amines is 1. The highest BCUT2D eigenvalue weighted by molar-refractivity contribution is 7.08. The second kappa shape index (κ2) is 6.42. The fraction of sp³-hybridized carbons (Fsp3) is 0.316. The molecule has 0 bridgehead atoms. The number of benzene rings is 1. The number of fused-ring (bicyclic) bond motifs is 1. The monoisotopic (exact) mass is 339 g/mol. The summed E-state index contributed by atoms with van der Waals surface area (Å²) in [6, 6.07) is 6.48. The molecule has 3 heterocycles. The van der Waals surface area contributed by atoms with Crippen molar-refractivity contribution >= 4 is 28.1 Å². The van der Waals surface area contributed by atoms with Crippen LogP contribution in [0.15, 0.2) is 35.2 Å². The van der Waals surface area contributed by atoms with E-state index in [9.17, 15) is 4.79 Å². The fourth-order valence-corrected chi connectivity index (χ4v) is 4.39. The number of nitrogens with two attached hydrogens (primary N) is 1. The van der Waals surface area contributed by atoms with E-state index in [2.05, 4.69) is 45.5 Å². The number of H-pyrrole nitrogens is 1. The van der Waals surface area contributed by atoms with Gasteiger partial charge in [-0.15, -0.1) is 0 Å². The molecule has 4 N–H and O–H groups in total. The van der Waals surface area contributed by atoms with Gasteiger partial charge in [-0.3, -0.25) is 4.79 Å². The van der Waals surface area contributed by atoms with Gasteiger partial charge in [0.25, 0.3) is 0 Å². The van der Waals surface area contributed by atoms with Crippen LogP contribution in [0.4, 0.5) is 0 Å². The van der Waals surface area contributed by atoms with Crippen LogP contribution in [0.3, 0.4) is 0 Å². The van der Waals surface area contributed by atoms with E-state index in [4.69, 9.17) is 5.73 Å². The van der Waals surface area contributed by atoms with Gasteiger partial charge in [-0.05, 0) is 83.1 Å². The third-order valence-corrected chi connectivity index (χ3v) is 5.58. The van der Waals surface area contributed by atoms with Crippen LogP contribution < -0.4 is 11.1 Å². The van der Waals surface area contributed by atoms with E-state index in [0.717, 1.165) is 42.6 Å². The molecule has 0 radical (unpaired) electrons. The summed E-state index contributed by atoms with van der Waals surface area (Å²) in [6.45, 7) is 2.13. The molecule has 124 valence electrons. The average Bonchev–Trinajstić information content (AvgIpc) is 3.25. The molecule has 0 atom stereocenters. The standard InChI is InChI=1S/C19H21N3OS/c20-18(23)9-15-7-14(13-3-6-24-11-13)8-16-17(10-22-19(15)16)12-1-4-21-5-2-12/h3,6-8,10-12,21-22H,1-2,4-5,9H2,(H2,20,23). The van der Waals surface area contributed by atoms with Crippen LogP contribution in [-0.2, 0) is 11.2 Å². The lowest BCUT2D eigenvalue weighted by Crippen LogP contribution is -2.26. The Kier molecular flexibility index (Phi) is 4.12. The van der Waals surface area contributed by atoms with Gasteiger partial charge in [-0.1, -0.05) is 0 Å². The van der Waals surface area contributed by atoms with Gasteiger partial charge < -0.3 is 16.0 Å². The molecule has 24 heavy (non-hydrogen) atoms. The molecule has 0 aliphatic carbocycles. The zero-order chi connectivity index (χ0) is 16.5. The van der Waals surface area contributed by atoms with Crippen molar-refractivity contribution in [1.29, 1.82) is 0 Å². The molecular formula is C19H21N3OS. The molecule has 1 aromatic carbocycles. The number of primary amides is 1. The summed E-state index contributed by atoms with van der Waals surface area (Å²) < 4.78 is 0. The minimum atomic E-state index is -0.295. The highest BCUT2D eigenvalue weighted by atomic mass is 32.1. The van der Waals surface area contributed by atoms with Crippen molar-refractivity contribution in [3.63, 3.8) is 0 Å². The fourth-order valence-electron chi connectivity index (χ4n) is 3.72. The van der Waals surface area contributed by atoms with Crippen LogP contribution in [0.5, 0.6) is 0 Å². The Hall–Kier alpha value is -2.11. The Morgan fingerprint density at radius 3 is 2.79 bits per heavy atom. The smallest absolute Gasteiger partial charge is 0.221 e. The van der Waals surface area contributed by atoms with E-state index in [1.54, 1.807) is 11.3 Å². The molecule has 5 heteroatoms. The number of hydrogen-bond acceptors (Lipinski definition) is 3. The van der Waals surface area contributed by atoms with Crippen LogP contribution >= 0.6 is 11.3 Å². The molecular weight excluding hydrogens is 318 g/mol. The van der Waals surface area contributed by atoms with Gasteiger partial charge in [-0.2, -0.15) is 11.3 Å². The Labute approximate surface area is 145 Å². The Morgan fingerprint density at radius 1 is 1.25 bits per heavy atom. The number of thiophene rings is 1. The number of rotatable bonds is 4. The average molecular weight is 339 g/mol. The maximum absolute atomic E-state index is 11.5. The number of aromatic nitrogens is 1. The third-order valence-electron chi connectivity index (χ3n) is 4.90. The van der Waals surface area contributed by atoms with Gasteiger partial charge in [0.2, 0.25) is 5.91 Å². The largest absolute Gasteiger partial charge is 0.369 e. The molecule has 3 aromatic rings. The summed E-state index contributed by atoms with van der Waals surface area (Å²) in [5, 5.41) is 8.89. The summed E-state index contributed by atoms with van der Waals surface area (Å²) in [5.41, 5.74) is 11.2. The first-order valence-electron chi connectivity index (χ1n) is 8.38. The molecule has 0 spiro atoms. The predicted molar refractivity (Wildman–Crippen MR) is 99.4 cm³/mol. The van der Waals surface area contributed by atoms with Gasteiger partial charge in [0.15, 0.2) is 0 Å². The van der Waals surface area contributed by atoms with Crippen molar-refractivity contribution in [2.24, 2.45) is 5.73 Å². The highest BCUT2D eigenvalue weighted by Gasteiger charge is 2.20. The zero-order valence-electron chi connectivity index (χ0n) is 13.5. The molecule has 0 saturated carbocycles. The maximum atomic E-state index is 11.5. The first-order chi connectivity index (χ1) is 11.7. The summed E-state index contributed by atoms with van der Waals surface area (Å²) in [4.78, 5) is 14.9. The molecule has 4 nitrogen and oxygen atoms in total. The number of carbonyl (C=O) groups is 1. The van der Waals surface area contributed by atoms with Crippen LogP contribution in [-0.4, -0.2) is 24.0 Å². The number of carbonyl (C=O) groups excluding carboxylic acids is 1. The SMILES string of the molecule is NC(=O)Cc1cc(-c2ccsc2)cc2c(C3CCNCC3)c[nH]c12. The number of piperidine rings is 1. The number of amides is 1. The number of nitrogens with one attached hydrogen (secondary N) is 2. The second-order valence-corrected chi connectivity index (χ2v) is 7.26. The molecule has 1 aliphatic rings. The first-order valence-corrected chi connectivity index (χ1v) is 9.32. The maximum Gasteiger partial charge on any atom is 0.221 e. The van der Waals surface area contributed by atoms with Crippen LogP contribution in [0.25, 0.3) is 22.0 Å². The van der Waals surface area contributed by atoms with Crippen LogP contribution in [0.2, 0.25) is 0 Å². The molecule has 1 aliphatic heterocycles. The van der Waals surface area contributed by atoms with E-state index in [-0.39, 0.29) is 12.3 Å². The molecule has 1 saturated heterocycles. The molecule has 1 amide bonds. The number of hydrogen-bond donors (Lipinski definition) is 3. The highest BCUT2D eigenvalue weighted by Crippen LogP contribution is 2.36. The molecule has 2 aromatic heterocycles. The summed E-state index contributed by atoms with van der Waals surface area (Å²) in [5.74, 6) is 0.274. The lowest BCUT2D eigenvalue weighted by atomic mass is 9.88. The zero-order valence-corrected chi connectivity index (χ0v) is 14.3. The van der Waals surface area contributed by atoms with E-state index in [1.807, 2.05) is 0 Å². The van der Waals surface area contributed by atoms with E-state index < -0.39 is 0 Å². The van der Waals surface area contributed by atoms with Crippen molar-refractivity contribution in [1.82, 2.24) is 10.3 Å². The third kappa shape index (κ3) is 2.85. The van der Waals surface area contributed by atoms with E-state index in [0.29, 0.717) is 5.92 Å². The van der Waals surface area contributed by atoms with Crippen molar-refractivity contribution in [2.45, 2.75) is 25.2 Å². The van der Waals surface area contributed by atoms with Crippen molar-refractivity contribution in [3.8, 4) is 11.1 Å². The van der Waals surface area contributed by atoms with Gasteiger partial charge in [0, 0.05) is 17.1 Å². The lowest BCUT2D eigenvalue weighted by Gasteiger charge is -2.22. The minimum Gasteiger partial charge on any atom is -0.369 e. The summed E-state index contributed by atoms with van der Waals surface area (Å²) >= 11 is 1.69. The van der Waals surface area contributed by atoms with Gasteiger partial charge in [0.1, 0.15) is 0 Å². The van der Waals surface area contributed by atoms with Gasteiger partial charge >= 0.3 is 0 Å². The van der Waals surface area contributed by atoms with Crippen molar-refractivity contribution in [3.05, 3.63) is 46.3 Å². The van der Waals surface area contributed by atoms with Crippen LogP contribution in [0.1, 0.15) is 29.9 Å². The molecule has 4 rings (SSSR count). The van der Waals surface area contributed by atoms with Gasteiger partial charge in [-0.25, -0.2) is 0 Å². The quantitative estimate of drug-likeness (QED) is 0.682. The van der Waals surface area contributed by atoms with Crippen molar-refractivity contribution < 1.29 is 4.79 Å². The predicted octanol–water partition coefficient (Wildman–Crippen LogP) is 3.39. The Morgan fingerprint density at radius 2 is 2.08 bits per heavy atom. The summed E-state index contributed by atoms with van der Waals surface area (Å²) in [6.07, 6.45) is 4.70. The Bertz CT molecular complexity index is 860. The topological polar surface area (TPSA) is 70.9 Å². The van der Waals surface area contributed by atoms with E-state index >= 15 is 0 Å². The first kappa shape index (κ1) is 15.4. The minimum absolute atomic E-state index is 0.265. The lowest BCUT2D eigenvalue weighted by molar-refractivity contribution is -0.117. The second-order valence-electron chi connectivity index (χ2n) is 6.48. The van der Waals surface area contributed by atoms with Gasteiger partial charge in [0.05, 0.1) is 6.42 Å². The molecule has 1 fully saturated rings. The van der Waals surface area contributed by atoms with E-state index in [1.165, 1.54) is 16.5 Å². The normalized spacial score (nSPS) is 15.8. The summed E-state index contributed by atoms with van der Waals surface area (Å²) in [7, 11) is 0.